The number of fused-ring (bicyclic) bond motifs is 1. The first-order chi connectivity index (χ1) is 9.69. The van der Waals surface area contributed by atoms with E-state index < -0.39 is 0 Å². The first kappa shape index (κ1) is 14.0. The number of nitrogens with two attached hydrogens (primary N) is 1. The maximum atomic E-state index is 6.33. The molecular formula is C13H15BrClN5. The summed E-state index contributed by atoms with van der Waals surface area (Å²) in [6, 6.07) is 5.96. The summed E-state index contributed by atoms with van der Waals surface area (Å²) in [6.07, 6.45) is 1.77. The van der Waals surface area contributed by atoms with Crippen molar-refractivity contribution in [3.05, 3.63) is 45.4 Å². The van der Waals surface area contributed by atoms with E-state index in [9.17, 15) is 0 Å². The number of halogens is 2. The average molecular weight is 357 g/mol. The number of aromatic nitrogens is 3. The van der Waals surface area contributed by atoms with Crippen molar-refractivity contribution in [1.82, 2.24) is 19.7 Å². The molecule has 0 saturated carbocycles. The van der Waals surface area contributed by atoms with Crippen molar-refractivity contribution in [3.8, 4) is 0 Å². The number of nitrogens with zero attached hydrogens (tertiary/aromatic N) is 4. The molecule has 5 nitrogen and oxygen atoms in total. The first-order valence-electron chi connectivity index (χ1n) is 6.45. The highest BCUT2D eigenvalue weighted by Gasteiger charge is 2.26. The van der Waals surface area contributed by atoms with E-state index in [1.807, 2.05) is 18.2 Å². The van der Waals surface area contributed by atoms with E-state index in [-0.39, 0.29) is 6.04 Å². The van der Waals surface area contributed by atoms with Gasteiger partial charge in [0, 0.05) is 35.2 Å². The van der Waals surface area contributed by atoms with Crippen LogP contribution < -0.4 is 5.73 Å². The van der Waals surface area contributed by atoms with Gasteiger partial charge in [-0.1, -0.05) is 27.5 Å². The molecule has 7 heteroatoms. The average Bonchev–Trinajstić information content (AvgIpc) is 2.91. The third kappa shape index (κ3) is 2.61. The van der Waals surface area contributed by atoms with E-state index in [1.54, 1.807) is 6.33 Å². The lowest BCUT2D eigenvalue weighted by atomic mass is 10.0. The second-order valence-electron chi connectivity index (χ2n) is 4.83. The Hall–Kier alpha value is -0.950. The third-order valence-electron chi connectivity index (χ3n) is 3.65. The van der Waals surface area contributed by atoms with E-state index in [4.69, 9.17) is 17.3 Å². The van der Waals surface area contributed by atoms with E-state index in [2.05, 4.69) is 35.6 Å². The summed E-state index contributed by atoms with van der Waals surface area (Å²) in [4.78, 5) is 2.30. The highest BCUT2D eigenvalue weighted by Crippen LogP contribution is 2.31. The molecule has 0 saturated heterocycles. The Morgan fingerprint density at radius 1 is 1.40 bits per heavy atom. The minimum Gasteiger partial charge on any atom is -0.329 e. The molecule has 2 heterocycles. The topological polar surface area (TPSA) is 60.0 Å². The van der Waals surface area contributed by atoms with Gasteiger partial charge in [0.15, 0.2) is 0 Å². The lowest BCUT2D eigenvalue weighted by molar-refractivity contribution is 0.156. The van der Waals surface area contributed by atoms with Crippen LogP contribution in [0, 0.1) is 0 Å². The van der Waals surface area contributed by atoms with E-state index in [0.29, 0.717) is 6.54 Å². The third-order valence-corrected chi connectivity index (χ3v) is 4.49. The Morgan fingerprint density at radius 2 is 2.25 bits per heavy atom. The monoisotopic (exact) mass is 355 g/mol. The number of rotatable bonds is 3. The van der Waals surface area contributed by atoms with Crippen LogP contribution >= 0.6 is 27.5 Å². The normalized spacial score (nSPS) is 16.9. The molecule has 1 aliphatic heterocycles. The molecule has 0 spiro atoms. The number of hydrogen-bond donors (Lipinski definition) is 1. The van der Waals surface area contributed by atoms with Crippen molar-refractivity contribution in [1.29, 1.82) is 0 Å². The van der Waals surface area contributed by atoms with Gasteiger partial charge in [-0.05, 0) is 23.8 Å². The van der Waals surface area contributed by atoms with Crippen molar-refractivity contribution in [2.75, 3.05) is 13.1 Å². The first-order valence-corrected chi connectivity index (χ1v) is 7.62. The molecule has 1 aliphatic rings. The van der Waals surface area contributed by atoms with Gasteiger partial charge in [-0.3, -0.25) is 4.90 Å². The molecule has 20 heavy (non-hydrogen) atoms. The Kier molecular flexibility index (Phi) is 4.07. The van der Waals surface area contributed by atoms with Crippen LogP contribution in [0.4, 0.5) is 0 Å². The lowest BCUT2D eigenvalue weighted by Crippen LogP contribution is -2.39. The zero-order chi connectivity index (χ0) is 14.1. The van der Waals surface area contributed by atoms with Crippen LogP contribution in [0.3, 0.4) is 0 Å². The van der Waals surface area contributed by atoms with E-state index in [0.717, 1.165) is 40.5 Å². The van der Waals surface area contributed by atoms with Crippen LogP contribution in [-0.4, -0.2) is 32.8 Å². The maximum absolute atomic E-state index is 6.33. The number of hydrogen-bond acceptors (Lipinski definition) is 4. The molecule has 1 unspecified atom stereocenters. The van der Waals surface area contributed by atoms with Gasteiger partial charge in [0.2, 0.25) is 0 Å². The fourth-order valence-corrected chi connectivity index (χ4v) is 3.22. The van der Waals surface area contributed by atoms with Crippen molar-refractivity contribution in [3.63, 3.8) is 0 Å². The Bertz CT molecular complexity index is 615. The van der Waals surface area contributed by atoms with Crippen molar-refractivity contribution >= 4 is 27.5 Å². The van der Waals surface area contributed by atoms with E-state index >= 15 is 0 Å². The summed E-state index contributed by atoms with van der Waals surface area (Å²) in [6.45, 7) is 3.05. The fraction of sp³-hybridized carbons (Fsp3) is 0.385. The summed E-state index contributed by atoms with van der Waals surface area (Å²) >= 11 is 9.82. The summed E-state index contributed by atoms with van der Waals surface area (Å²) < 4.78 is 3.09. The molecule has 0 amide bonds. The highest BCUT2D eigenvalue weighted by molar-refractivity contribution is 9.10. The van der Waals surface area contributed by atoms with Gasteiger partial charge in [0.05, 0.1) is 6.54 Å². The standard InChI is InChI=1S/C13H15BrClN5/c14-9-1-2-11(15)10(5-9)12(6-16)19-3-4-20-8-17-18-13(20)7-19/h1-2,5,8,12H,3-4,6-7,16H2. The quantitative estimate of drug-likeness (QED) is 0.916. The molecule has 1 aromatic heterocycles. The van der Waals surface area contributed by atoms with Gasteiger partial charge >= 0.3 is 0 Å². The van der Waals surface area contributed by atoms with Crippen LogP contribution in [0.2, 0.25) is 5.02 Å². The van der Waals surface area contributed by atoms with Gasteiger partial charge in [-0.25, -0.2) is 0 Å². The van der Waals surface area contributed by atoms with Crippen molar-refractivity contribution in [2.24, 2.45) is 5.73 Å². The second-order valence-corrected chi connectivity index (χ2v) is 6.15. The molecular weight excluding hydrogens is 342 g/mol. The lowest BCUT2D eigenvalue weighted by Gasteiger charge is -2.34. The summed E-state index contributed by atoms with van der Waals surface area (Å²) in [7, 11) is 0. The maximum Gasteiger partial charge on any atom is 0.147 e. The smallest absolute Gasteiger partial charge is 0.147 e. The largest absolute Gasteiger partial charge is 0.329 e. The molecule has 3 rings (SSSR count). The van der Waals surface area contributed by atoms with Crippen molar-refractivity contribution < 1.29 is 0 Å². The number of benzene rings is 1. The summed E-state index contributed by atoms with van der Waals surface area (Å²) in [5.41, 5.74) is 7.04. The predicted octanol–water partition coefficient (Wildman–Crippen LogP) is 2.21. The molecule has 0 fully saturated rings. The zero-order valence-corrected chi connectivity index (χ0v) is 13.2. The van der Waals surface area contributed by atoms with Crippen LogP contribution in [-0.2, 0) is 13.1 Å². The van der Waals surface area contributed by atoms with Gasteiger partial charge in [0.25, 0.3) is 0 Å². The van der Waals surface area contributed by atoms with Crippen LogP contribution in [0.1, 0.15) is 17.4 Å². The molecule has 106 valence electrons. The summed E-state index contributed by atoms with van der Waals surface area (Å²) in [5.74, 6) is 0.973. The van der Waals surface area contributed by atoms with E-state index in [1.165, 1.54) is 0 Å². The Morgan fingerprint density at radius 3 is 3.05 bits per heavy atom. The van der Waals surface area contributed by atoms with Crippen molar-refractivity contribution in [2.45, 2.75) is 19.1 Å². The Labute approximate surface area is 130 Å². The van der Waals surface area contributed by atoms with Gasteiger partial charge in [-0.2, -0.15) is 0 Å². The molecule has 1 atom stereocenters. The van der Waals surface area contributed by atoms with Gasteiger partial charge in [0.1, 0.15) is 12.2 Å². The molecule has 0 bridgehead atoms. The highest BCUT2D eigenvalue weighted by atomic mass is 79.9. The fourth-order valence-electron chi connectivity index (χ4n) is 2.59. The predicted molar refractivity (Wildman–Crippen MR) is 81.4 cm³/mol. The van der Waals surface area contributed by atoms with Crippen LogP contribution in [0.25, 0.3) is 0 Å². The van der Waals surface area contributed by atoms with Crippen LogP contribution in [0.5, 0.6) is 0 Å². The Balaban J connectivity index is 1.89. The zero-order valence-electron chi connectivity index (χ0n) is 10.8. The minimum absolute atomic E-state index is 0.0884. The second kappa shape index (κ2) is 5.81. The molecule has 1 aromatic carbocycles. The van der Waals surface area contributed by atoms with Crippen LogP contribution in [0.15, 0.2) is 29.0 Å². The molecule has 0 radical (unpaired) electrons. The molecule has 2 N–H and O–H groups in total. The van der Waals surface area contributed by atoms with Gasteiger partial charge < -0.3 is 10.3 Å². The van der Waals surface area contributed by atoms with Gasteiger partial charge in [-0.15, -0.1) is 10.2 Å². The molecule has 2 aromatic rings. The minimum atomic E-state index is 0.0884. The molecule has 0 aliphatic carbocycles. The summed E-state index contributed by atoms with van der Waals surface area (Å²) in [5, 5.41) is 8.84. The SMILES string of the molecule is NCC(c1cc(Br)ccc1Cl)N1CCn2cnnc2C1.